The van der Waals surface area contributed by atoms with E-state index in [2.05, 4.69) is 15.9 Å². The summed E-state index contributed by atoms with van der Waals surface area (Å²) in [6, 6.07) is 15.0. The third kappa shape index (κ3) is 3.58. The first-order chi connectivity index (χ1) is 12.6. The lowest BCUT2D eigenvalue weighted by Crippen LogP contribution is -2.46. The van der Waals surface area contributed by atoms with E-state index in [1.807, 2.05) is 36.4 Å². The SMILES string of the molecule is O=c1ccc2cc(CN3CCN(c4cccc(Cl)c4Cl)CC3)ccc2o1. The highest BCUT2D eigenvalue weighted by Gasteiger charge is 2.20. The number of hydrogen-bond acceptors (Lipinski definition) is 4. The van der Waals surface area contributed by atoms with Crippen molar-refractivity contribution in [3.05, 3.63) is 74.6 Å². The molecule has 0 N–H and O–H groups in total. The fourth-order valence-corrected chi connectivity index (χ4v) is 3.78. The zero-order valence-electron chi connectivity index (χ0n) is 14.1. The second kappa shape index (κ2) is 7.31. The van der Waals surface area contributed by atoms with Crippen LogP contribution in [0.15, 0.2) is 57.7 Å². The summed E-state index contributed by atoms with van der Waals surface area (Å²) in [5.74, 6) is 0. The maximum Gasteiger partial charge on any atom is 0.336 e. The Morgan fingerprint density at radius 1 is 0.962 bits per heavy atom. The van der Waals surface area contributed by atoms with Gasteiger partial charge in [0.25, 0.3) is 0 Å². The first-order valence-electron chi connectivity index (χ1n) is 8.54. The van der Waals surface area contributed by atoms with E-state index in [0.717, 1.165) is 43.8 Å². The van der Waals surface area contributed by atoms with Gasteiger partial charge in [-0.15, -0.1) is 0 Å². The van der Waals surface area contributed by atoms with E-state index in [1.54, 1.807) is 0 Å². The highest BCUT2D eigenvalue weighted by atomic mass is 35.5. The van der Waals surface area contributed by atoms with Crippen molar-refractivity contribution < 1.29 is 4.42 Å². The minimum absolute atomic E-state index is 0.318. The van der Waals surface area contributed by atoms with E-state index in [9.17, 15) is 4.79 Å². The maximum atomic E-state index is 11.3. The molecule has 6 heteroatoms. The van der Waals surface area contributed by atoms with Crippen molar-refractivity contribution >= 4 is 39.9 Å². The van der Waals surface area contributed by atoms with E-state index in [0.29, 0.717) is 15.6 Å². The molecule has 2 heterocycles. The number of hydrogen-bond donors (Lipinski definition) is 0. The van der Waals surface area contributed by atoms with E-state index in [-0.39, 0.29) is 5.63 Å². The zero-order chi connectivity index (χ0) is 18.1. The third-order valence-electron chi connectivity index (χ3n) is 4.73. The predicted octanol–water partition coefficient (Wildman–Crippen LogP) is 4.42. The fourth-order valence-electron chi connectivity index (χ4n) is 3.36. The molecule has 4 nitrogen and oxygen atoms in total. The quantitative estimate of drug-likeness (QED) is 0.622. The van der Waals surface area contributed by atoms with Gasteiger partial charge in [-0.25, -0.2) is 4.79 Å². The molecule has 1 aromatic heterocycles. The van der Waals surface area contributed by atoms with Gasteiger partial charge in [0, 0.05) is 44.2 Å². The summed E-state index contributed by atoms with van der Waals surface area (Å²) in [5, 5.41) is 2.17. The summed E-state index contributed by atoms with van der Waals surface area (Å²) in [6.45, 7) is 4.58. The monoisotopic (exact) mass is 388 g/mol. The molecule has 0 aliphatic carbocycles. The lowest BCUT2D eigenvalue weighted by Gasteiger charge is -2.36. The highest BCUT2D eigenvalue weighted by molar-refractivity contribution is 6.43. The molecule has 0 spiro atoms. The first-order valence-corrected chi connectivity index (χ1v) is 9.30. The van der Waals surface area contributed by atoms with Crippen molar-refractivity contribution in [3.63, 3.8) is 0 Å². The lowest BCUT2D eigenvalue weighted by molar-refractivity contribution is 0.250. The van der Waals surface area contributed by atoms with Crippen LogP contribution in [0.3, 0.4) is 0 Å². The number of halogens is 2. The molecule has 26 heavy (non-hydrogen) atoms. The van der Waals surface area contributed by atoms with Gasteiger partial charge in [0.1, 0.15) is 5.58 Å². The first kappa shape index (κ1) is 17.4. The molecule has 3 aromatic rings. The van der Waals surface area contributed by atoms with Crippen LogP contribution >= 0.6 is 23.2 Å². The van der Waals surface area contributed by atoms with Crippen molar-refractivity contribution in [3.8, 4) is 0 Å². The van der Waals surface area contributed by atoms with Gasteiger partial charge in [0.2, 0.25) is 0 Å². The van der Waals surface area contributed by atoms with E-state index >= 15 is 0 Å². The maximum absolute atomic E-state index is 11.3. The average molecular weight is 389 g/mol. The Balaban J connectivity index is 1.43. The minimum atomic E-state index is -0.318. The Hall–Kier alpha value is -2.01. The molecular weight excluding hydrogens is 371 g/mol. The molecule has 0 radical (unpaired) electrons. The van der Waals surface area contributed by atoms with Crippen molar-refractivity contribution in [2.75, 3.05) is 31.1 Å². The molecule has 1 aliphatic heterocycles. The molecule has 0 unspecified atom stereocenters. The van der Waals surface area contributed by atoms with Gasteiger partial charge in [0.05, 0.1) is 15.7 Å². The molecule has 1 saturated heterocycles. The molecule has 134 valence electrons. The number of nitrogens with zero attached hydrogens (tertiary/aromatic N) is 2. The third-order valence-corrected chi connectivity index (χ3v) is 5.54. The van der Waals surface area contributed by atoms with Crippen LogP contribution in [0, 0.1) is 0 Å². The minimum Gasteiger partial charge on any atom is -0.423 e. The Labute approximate surface area is 161 Å². The number of benzene rings is 2. The van der Waals surface area contributed by atoms with Crippen LogP contribution in [0.4, 0.5) is 5.69 Å². The van der Waals surface area contributed by atoms with E-state index < -0.39 is 0 Å². The summed E-state index contributed by atoms with van der Waals surface area (Å²) in [6.07, 6.45) is 0. The summed E-state index contributed by atoms with van der Waals surface area (Å²) in [5.41, 5.74) is 2.52. The molecule has 0 bridgehead atoms. The number of fused-ring (bicyclic) bond motifs is 1. The van der Waals surface area contributed by atoms with Crippen molar-refractivity contribution in [2.45, 2.75) is 6.54 Å². The molecule has 4 rings (SSSR count). The van der Waals surface area contributed by atoms with Gasteiger partial charge in [-0.3, -0.25) is 4.90 Å². The van der Waals surface area contributed by atoms with Crippen LogP contribution in [0.2, 0.25) is 10.0 Å². The number of anilines is 1. The van der Waals surface area contributed by atoms with Crippen LogP contribution < -0.4 is 10.5 Å². The zero-order valence-corrected chi connectivity index (χ0v) is 15.6. The molecule has 2 aromatic carbocycles. The van der Waals surface area contributed by atoms with Gasteiger partial charge >= 0.3 is 5.63 Å². The van der Waals surface area contributed by atoms with Crippen molar-refractivity contribution in [2.24, 2.45) is 0 Å². The molecular formula is C20H18Cl2N2O2. The van der Waals surface area contributed by atoms with Gasteiger partial charge in [0.15, 0.2) is 0 Å². The summed E-state index contributed by atoms with van der Waals surface area (Å²) >= 11 is 12.5. The standard InChI is InChI=1S/C20H18Cl2N2O2/c21-16-2-1-3-17(20(16)22)24-10-8-23(9-11-24)13-14-4-6-18-15(12-14)5-7-19(25)26-18/h1-7,12H,8-11,13H2. The Morgan fingerprint density at radius 3 is 2.58 bits per heavy atom. The van der Waals surface area contributed by atoms with Gasteiger partial charge < -0.3 is 9.32 Å². The van der Waals surface area contributed by atoms with E-state index in [1.165, 1.54) is 11.6 Å². The van der Waals surface area contributed by atoms with Crippen LogP contribution in [-0.4, -0.2) is 31.1 Å². The van der Waals surface area contributed by atoms with E-state index in [4.69, 9.17) is 27.6 Å². The second-order valence-electron chi connectivity index (χ2n) is 6.46. The molecule has 0 amide bonds. The van der Waals surface area contributed by atoms with Crippen LogP contribution in [0.25, 0.3) is 11.0 Å². The van der Waals surface area contributed by atoms with Gasteiger partial charge in [-0.05, 0) is 35.9 Å². The largest absolute Gasteiger partial charge is 0.423 e. The summed E-state index contributed by atoms with van der Waals surface area (Å²) in [7, 11) is 0. The van der Waals surface area contributed by atoms with Crippen LogP contribution in [-0.2, 0) is 6.54 Å². The van der Waals surface area contributed by atoms with Crippen LogP contribution in [0.1, 0.15) is 5.56 Å². The lowest BCUT2D eigenvalue weighted by atomic mass is 10.1. The second-order valence-corrected chi connectivity index (χ2v) is 7.25. The summed E-state index contributed by atoms with van der Waals surface area (Å²) < 4.78 is 5.19. The Morgan fingerprint density at radius 2 is 1.77 bits per heavy atom. The molecule has 0 atom stereocenters. The predicted molar refractivity (Wildman–Crippen MR) is 106 cm³/mol. The van der Waals surface area contributed by atoms with Gasteiger partial charge in [-0.2, -0.15) is 0 Å². The molecule has 1 fully saturated rings. The Kier molecular flexibility index (Phi) is 4.90. The number of piperazine rings is 1. The van der Waals surface area contributed by atoms with Gasteiger partial charge in [-0.1, -0.05) is 35.3 Å². The Bertz CT molecular complexity index is 995. The normalized spacial score (nSPS) is 15.5. The molecule has 1 aliphatic rings. The van der Waals surface area contributed by atoms with Crippen molar-refractivity contribution in [1.82, 2.24) is 4.90 Å². The highest BCUT2D eigenvalue weighted by Crippen LogP contribution is 2.33. The average Bonchev–Trinajstić information content (AvgIpc) is 2.65. The smallest absolute Gasteiger partial charge is 0.336 e. The summed E-state index contributed by atoms with van der Waals surface area (Å²) in [4.78, 5) is 16.0. The van der Waals surface area contributed by atoms with Crippen LogP contribution in [0.5, 0.6) is 0 Å². The number of rotatable bonds is 3. The molecule has 0 saturated carbocycles. The topological polar surface area (TPSA) is 36.7 Å². The fraction of sp³-hybridized carbons (Fsp3) is 0.250. The van der Waals surface area contributed by atoms with Crippen molar-refractivity contribution in [1.29, 1.82) is 0 Å².